The molecule has 2 unspecified atom stereocenters. The number of hydrogen-bond acceptors (Lipinski definition) is 3. The molecule has 26 heavy (non-hydrogen) atoms. The summed E-state index contributed by atoms with van der Waals surface area (Å²) in [5, 5.41) is 9.86. The summed E-state index contributed by atoms with van der Waals surface area (Å²) in [5.41, 5.74) is 1.11. The average Bonchev–Trinajstić information content (AvgIpc) is 2.64. The van der Waals surface area contributed by atoms with Gasteiger partial charge in [-0.15, -0.1) is 0 Å². The van der Waals surface area contributed by atoms with Crippen molar-refractivity contribution in [1.82, 2.24) is 0 Å². The fraction of sp³-hybridized carbons (Fsp3) is 0.409. The summed E-state index contributed by atoms with van der Waals surface area (Å²) < 4.78 is 26.1. The van der Waals surface area contributed by atoms with E-state index in [4.69, 9.17) is 0 Å². The van der Waals surface area contributed by atoms with Gasteiger partial charge in [-0.1, -0.05) is 62.4 Å². The van der Waals surface area contributed by atoms with Gasteiger partial charge in [0.2, 0.25) is 0 Å². The lowest BCUT2D eigenvalue weighted by atomic mass is 10.00. The molecule has 3 nitrogen and oxygen atoms in total. The van der Waals surface area contributed by atoms with E-state index in [0.717, 1.165) is 12.0 Å². The van der Waals surface area contributed by atoms with Crippen LogP contribution >= 0.6 is 0 Å². The highest BCUT2D eigenvalue weighted by Gasteiger charge is 2.29. The third-order valence-corrected chi connectivity index (χ3v) is 6.78. The molecular weight excluding hydrogens is 344 g/mol. The van der Waals surface area contributed by atoms with Crippen molar-refractivity contribution < 1.29 is 13.5 Å². The molecule has 2 aromatic rings. The number of sulfone groups is 1. The summed E-state index contributed by atoms with van der Waals surface area (Å²) >= 11 is 0. The van der Waals surface area contributed by atoms with E-state index >= 15 is 0 Å². The van der Waals surface area contributed by atoms with Crippen LogP contribution in [0.1, 0.15) is 38.7 Å². The maximum absolute atomic E-state index is 13.0. The molecule has 0 aliphatic heterocycles. The lowest BCUT2D eigenvalue weighted by Crippen LogP contribution is -2.28. The average molecular weight is 374 g/mol. The van der Waals surface area contributed by atoms with E-state index in [0.29, 0.717) is 23.7 Å². The van der Waals surface area contributed by atoms with Gasteiger partial charge in [-0.25, -0.2) is 8.42 Å². The Balaban J connectivity index is 2.06. The molecule has 0 saturated carbocycles. The Morgan fingerprint density at radius 3 is 2.08 bits per heavy atom. The molecule has 4 heteroatoms. The first-order valence-electron chi connectivity index (χ1n) is 9.24. The van der Waals surface area contributed by atoms with Gasteiger partial charge in [0.15, 0.2) is 9.84 Å². The predicted octanol–water partition coefficient (Wildman–Crippen LogP) is 4.46. The third-order valence-electron chi connectivity index (χ3n) is 4.55. The Hall–Kier alpha value is -1.65. The standard InChI is InChI=1S/C22H29O3S/c1-18(2)13-16-22(26(24,25)21-11-7-4-8-12-21)17-20(23)15-14-19-9-5-3-6-10-19/h3-12,15,18,20,22-23H,13-14,16-17H2,1-2H3. The normalized spacial score (nSPS) is 14.3. The van der Waals surface area contributed by atoms with Crippen molar-refractivity contribution in [2.75, 3.05) is 0 Å². The van der Waals surface area contributed by atoms with Gasteiger partial charge < -0.3 is 5.11 Å². The van der Waals surface area contributed by atoms with Crippen LogP contribution in [-0.4, -0.2) is 24.9 Å². The molecule has 0 aliphatic carbocycles. The minimum atomic E-state index is -3.45. The molecule has 0 heterocycles. The van der Waals surface area contributed by atoms with Crippen molar-refractivity contribution in [2.45, 2.75) is 55.8 Å². The first kappa shape index (κ1) is 20.7. The highest BCUT2D eigenvalue weighted by atomic mass is 32.2. The molecule has 0 bridgehead atoms. The molecule has 0 aliphatic rings. The Kier molecular flexibility index (Phi) is 7.85. The van der Waals surface area contributed by atoms with Gasteiger partial charge in [-0.3, -0.25) is 0 Å². The maximum atomic E-state index is 13.0. The molecule has 0 spiro atoms. The minimum absolute atomic E-state index is 0.233. The van der Waals surface area contributed by atoms with Crippen molar-refractivity contribution in [3.05, 3.63) is 72.6 Å². The Labute approximate surface area is 158 Å². The number of aliphatic hydroxyl groups excluding tert-OH is 1. The molecular formula is C22H29O3S. The predicted molar refractivity (Wildman–Crippen MR) is 107 cm³/mol. The fourth-order valence-corrected chi connectivity index (χ4v) is 4.79. The highest BCUT2D eigenvalue weighted by molar-refractivity contribution is 7.92. The molecule has 141 valence electrons. The van der Waals surface area contributed by atoms with Crippen molar-refractivity contribution in [2.24, 2.45) is 5.92 Å². The van der Waals surface area contributed by atoms with Crippen LogP contribution in [0.15, 0.2) is 65.6 Å². The van der Waals surface area contributed by atoms with E-state index in [1.807, 2.05) is 36.4 Å². The maximum Gasteiger partial charge on any atom is 0.181 e. The number of benzene rings is 2. The summed E-state index contributed by atoms with van der Waals surface area (Å²) in [6.07, 6.45) is 3.30. The monoisotopic (exact) mass is 373 g/mol. The summed E-state index contributed by atoms with van der Waals surface area (Å²) in [6, 6.07) is 18.4. The quantitative estimate of drug-likeness (QED) is 0.669. The topological polar surface area (TPSA) is 54.4 Å². The summed E-state index contributed by atoms with van der Waals surface area (Å²) in [5.74, 6) is 0.425. The van der Waals surface area contributed by atoms with E-state index in [1.54, 1.807) is 30.7 Å². The second kappa shape index (κ2) is 9.89. The largest absolute Gasteiger partial charge is 0.393 e. The summed E-state index contributed by atoms with van der Waals surface area (Å²) in [7, 11) is -3.45. The van der Waals surface area contributed by atoms with Crippen molar-refractivity contribution >= 4 is 9.84 Å². The van der Waals surface area contributed by atoms with E-state index < -0.39 is 21.2 Å². The van der Waals surface area contributed by atoms with Gasteiger partial charge in [0.1, 0.15) is 0 Å². The number of aliphatic hydroxyl groups is 1. The van der Waals surface area contributed by atoms with Crippen LogP contribution in [0.4, 0.5) is 0 Å². The minimum Gasteiger partial charge on any atom is -0.393 e. The molecule has 0 amide bonds. The first-order chi connectivity index (χ1) is 12.4. The second-order valence-corrected chi connectivity index (χ2v) is 9.41. The van der Waals surface area contributed by atoms with Gasteiger partial charge in [-0.2, -0.15) is 0 Å². The lowest BCUT2D eigenvalue weighted by Gasteiger charge is -2.21. The van der Waals surface area contributed by atoms with Crippen LogP contribution in [0, 0.1) is 12.3 Å². The zero-order valence-electron chi connectivity index (χ0n) is 15.6. The molecule has 2 rings (SSSR count). The van der Waals surface area contributed by atoms with Crippen LogP contribution in [0.25, 0.3) is 0 Å². The van der Waals surface area contributed by atoms with E-state index in [9.17, 15) is 13.5 Å². The van der Waals surface area contributed by atoms with Crippen LogP contribution in [0.2, 0.25) is 0 Å². The smallest absolute Gasteiger partial charge is 0.181 e. The first-order valence-corrected chi connectivity index (χ1v) is 10.8. The summed E-state index contributed by atoms with van der Waals surface area (Å²) in [4.78, 5) is 0.337. The molecule has 1 N–H and O–H groups in total. The molecule has 0 saturated heterocycles. The van der Waals surface area contributed by atoms with Gasteiger partial charge in [0, 0.05) is 0 Å². The van der Waals surface area contributed by atoms with Crippen LogP contribution in [0.3, 0.4) is 0 Å². The number of hydrogen-bond donors (Lipinski definition) is 1. The van der Waals surface area contributed by atoms with Crippen molar-refractivity contribution in [3.8, 4) is 0 Å². The zero-order valence-corrected chi connectivity index (χ0v) is 16.4. The molecule has 1 radical (unpaired) electrons. The lowest BCUT2D eigenvalue weighted by molar-refractivity contribution is 0.189. The van der Waals surface area contributed by atoms with Crippen molar-refractivity contribution in [3.63, 3.8) is 0 Å². The Bertz CT molecular complexity index is 739. The van der Waals surface area contributed by atoms with E-state index in [2.05, 4.69) is 13.8 Å². The van der Waals surface area contributed by atoms with Gasteiger partial charge in [0.05, 0.1) is 16.2 Å². The molecule has 0 fully saturated rings. The van der Waals surface area contributed by atoms with Gasteiger partial charge >= 0.3 is 0 Å². The third kappa shape index (κ3) is 6.26. The Morgan fingerprint density at radius 2 is 1.50 bits per heavy atom. The van der Waals surface area contributed by atoms with E-state index in [1.165, 1.54) is 0 Å². The van der Waals surface area contributed by atoms with E-state index in [-0.39, 0.29) is 6.42 Å². The SMILES string of the molecule is CC(C)CCC(CC(O)[CH]Cc1ccccc1)S(=O)(=O)c1ccccc1. The van der Waals surface area contributed by atoms with Crippen LogP contribution in [-0.2, 0) is 16.3 Å². The van der Waals surface area contributed by atoms with Crippen LogP contribution < -0.4 is 0 Å². The highest BCUT2D eigenvalue weighted by Crippen LogP contribution is 2.25. The van der Waals surface area contributed by atoms with Gasteiger partial charge in [0.25, 0.3) is 0 Å². The van der Waals surface area contributed by atoms with Crippen molar-refractivity contribution in [1.29, 1.82) is 0 Å². The van der Waals surface area contributed by atoms with Gasteiger partial charge in [-0.05, 0) is 55.7 Å². The number of rotatable bonds is 10. The summed E-state index contributed by atoms with van der Waals surface area (Å²) in [6.45, 7) is 4.17. The molecule has 2 atom stereocenters. The molecule has 0 aromatic heterocycles. The van der Waals surface area contributed by atoms with Crippen LogP contribution in [0.5, 0.6) is 0 Å². The fourth-order valence-electron chi connectivity index (χ4n) is 2.97. The second-order valence-electron chi connectivity index (χ2n) is 7.18. The zero-order chi connectivity index (χ0) is 19.0. The molecule has 2 aromatic carbocycles. The Morgan fingerprint density at radius 1 is 0.923 bits per heavy atom.